The first kappa shape index (κ1) is 26.8. The summed E-state index contributed by atoms with van der Waals surface area (Å²) < 4.78 is 0. The van der Waals surface area contributed by atoms with Crippen molar-refractivity contribution in [2.45, 2.75) is 13.3 Å². The highest BCUT2D eigenvalue weighted by molar-refractivity contribution is 7.13. The van der Waals surface area contributed by atoms with E-state index in [4.69, 9.17) is 4.98 Å². The van der Waals surface area contributed by atoms with Crippen LogP contribution in [0.25, 0.3) is 55.1 Å². The maximum absolute atomic E-state index is 4.85. The van der Waals surface area contributed by atoms with Crippen LogP contribution in [-0.2, 0) is 6.42 Å². The minimum absolute atomic E-state index is 0.767. The first-order chi connectivity index (χ1) is 22.2. The molecule has 0 saturated carbocycles. The molecule has 0 saturated heterocycles. The molecule has 0 aliphatic carbocycles. The van der Waals surface area contributed by atoms with E-state index in [0.717, 1.165) is 50.1 Å². The van der Waals surface area contributed by atoms with Crippen molar-refractivity contribution < 1.29 is 0 Å². The van der Waals surface area contributed by atoms with Crippen LogP contribution in [0, 0.1) is 23.7 Å². The molecule has 4 heterocycles. The molecule has 0 aliphatic heterocycles. The van der Waals surface area contributed by atoms with Crippen LogP contribution in [0.3, 0.4) is 0 Å². The molecule has 0 atom stereocenters. The smallest absolute Gasteiger partial charge is 0.0906 e. The Morgan fingerprint density at radius 1 is 0.578 bits per heavy atom. The average Bonchev–Trinajstić information content (AvgIpc) is 3.51. The van der Waals surface area contributed by atoms with Gasteiger partial charge < -0.3 is 0 Å². The fourth-order valence-electron chi connectivity index (χ4n) is 5.85. The maximum Gasteiger partial charge on any atom is 0.0906 e. The molecule has 0 unspecified atom stereocenters. The first-order valence-corrected chi connectivity index (χ1v) is 15.7. The third-order valence-corrected chi connectivity index (χ3v) is 9.05. The zero-order valence-corrected chi connectivity index (χ0v) is 25.3. The molecular formula is C41H25N3S. The predicted octanol–water partition coefficient (Wildman–Crippen LogP) is 9.53. The highest BCUT2D eigenvalue weighted by Crippen LogP contribution is 2.36. The largest absolute Gasteiger partial charge is 0.255 e. The molecule has 4 aromatic carbocycles. The number of hydrogen-bond donors (Lipinski definition) is 0. The summed E-state index contributed by atoms with van der Waals surface area (Å²) >= 11 is 1.65. The Balaban J connectivity index is 1.17. The number of benzene rings is 4. The monoisotopic (exact) mass is 591 g/mol. The summed E-state index contributed by atoms with van der Waals surface area (Å²) in [6, 6.07) is 37.5. The Morgan fingerprint density at radius 3 is 1.91 bits per heavy atom. The van der Waals surface area contributed by atoms with Crippen molar-refractivity contribution in [3.05, 3.63) is 148 Å². The summed E-state index contributed by atoms with van der Waals surface area (Å²) in [6.07, 6.45) is 4.45. The van der Waals surface area contributed by atoms with Crippen LogP contribution in [-0.4, -0.2) is 15.0 Å². The lowest BCUT2D eigenvalue weighted by atomic mass is 9.92. The molecule has 4 aromatic heterocycles. The predicted molar refractivity (Wildman–Crippen MR) is 187 cm³/mol. The van der Waals surface area contributed by atoms with Gasteiger partial charge in [-0.3, -0.25) is 9.97 Å². The second-order valence-corrected chi connectivity index (χ2v) is 11.9. The number of aryl methyl sites for hydroxylation is 1. The maximum atomic E-state index is 4.85. The topological polar surface area (TPSA) is 38.7 Å². The minimum Gasteiger partial charge on any atom is -0.255 e. The van der Waals surface area contributed by atoms with Gasteiger partial charge in [0.1, 0.15) is 0 Å². The van der Waals surface area contributed by atoms with Crippen LogP contribution in [0.1, 0.15) is 33.4 Å². The Hall–Kier alpha value is -5.81. The van der Waals surface area contributed by atoms with Gasteiger partial charge in [-0.25, -0.2) is 4.98 Å². The second-order valence-electron chi connectivity index (χ2n) is 10.8. The molecule has 0 radical (unpaired) electrons. The van der Waals surface area contributed by atoms with Crippen LogP contribution in [0.2, 0.25) is 0 Å². The number of nitrogens with zero attached hydrogens (tertiary/aromatic N) is 3. The van der Waals surface area contributed by atoms with Crippen LogP contribution in [0.4, 0.5) is 0 Å². The third kappa shape index (κ3) is 5.08. The quantitative estimate of drug-likeness (QED) is 0.152. The second kappa shape index (κ2) is 11.4. The lowest BCUT2D eigenvalue weighted by molar-refractivity contribution is 1.15. The van der Waals surface area contributed by atoms with Gasteiger partial charge in [-0.2, -0.15) is 0 Å². The van der Waals surface area contributed by atoms with Crippen molar-refractivity contribution in [3.8, 4) is 46.5 Å². The van der Waals surface area contributed by atoms with E-state index in [1.807, 2.05) is 48.5 Å². The van der Waals surface area contributed by atoms with E-state index in [0.29, 0.717) is 0 Å². The van der Waals surface area contributed by atoms with Gasteiger partial charge in [-0.1, -0.05) is 91.3 Å². The zero-order valence-electron chi connectivity index (χ0n) is 24.5. The van der Waals surface area contributed by atoms with Crippen molar-refractivity contribution in [2.75, 3.05) is 0 Å². The summed E-state index contributed by atoms with van der Waals surface area (Å²) in [4.78, 5) is 15.9. The fraction of sp³-hybridized carbons (Fsp3) is 0.0488. The van der Waals surface area contributed by atoms with Crippen LogP contribution in [0.5, 0.6) is 0 Å². The summed E-state index contributed by atoms with van der Waals surface area (Å²) in [5.74, 6) is 13.8. The molecule has 45 heavy (non-hydrogen) atoms. The molecule has 8 aromatic rings. The van der Waals surface area contributed by atoms with Gasteiger partial charge in [0.2, 0.25) is 0 Å². The molecule has 3 nitrogen and oxygen atoms in total. The van der Waals surface area contributed by atoms with Gasteiger partial charge in [0.05, 0.1) is 32.5 Å². The molecule has 0 N–H and O–H groups in total. The lowest BCUT2D eigenvalue weighted by Gasteiger charge is -2.11. The van der Waals surface area contributed by atoms with Gasteiger partial charge in [0.25, 0.3) is 0 Å². The summed E-state index contributed by atoms with van der Waals surface area (Å²) in [7, 11) is 0. The van der Waals surface area contributed by atoms with E-state index in [1.165, 1.54) is 37.9 Å². The molecule has 8 rings (SSSR count). The summed E-state index contributed by atoms with van der Waals surface area (Å²) in [5.41, 5.74) is 6.25. The highest BCUT2D eigenvalue weighted by Gasteiger charge is 2.11. The van der Waals surface area contributed by atoms with Crippen LogP contribution >= 0.6 is 11.3 Å². The normalized spacial score (nSPS) is 11.0. The van der Waals surface area contributed by atoms with E-state index in [-0.39, 0.29) is 0 Å². The van der Waals surface area contributed by atoms with E-state index >= 15 is 0 Å². The molecule has 0 aliphatic rings. The molecular weight excluding hydrogens is 567 g/mol. The average molecular weight is 592 g/mol. The fourth-order valence-corrected chi connectivity index (χ4v) is 6.81. The number of thiophene rings is 1. The van der Waals surface area contributed by atoms with E-state index in [9.17, 15) is 0 Å². The van der Waals surface area contributed by atoms with Crippen molar-refractivity contribution in [2.24, 2.45) is 0 Å². The molecule has 0 spiro atoms. The Morgan fingerprint density at radius 2 is 1.24 bits per heavy atom. The first-order valence-electron chi connectivity index (χ1n) is 14.9. The van der Waals surface area contributed by atoms with E-state index < -0.39 is 0 Å². The van der Waals surface area contributed by atoms with Gasteiger partial charge >= 0.3 is 0 Å². The summed E-state index contributed by atoms with van der Waals surface area (Å²) in [6.45, 7) is 2.17. The van der Waals surface area contributed by atoms with Crippen LogP contribution in [0.15, 0.2) is 122 Å². The SMILES string of the molecule is CCc1cc(C#Cc2cc(-c3ccccn3)nc(-c3ccccn3)c2)sc1C#Cc1ccc2ccc3cccc4ccc1c2c34. The Bertz CT molecular complexity index is 2400. The Kier molecular flexibility index (Phi) is 6.76. The number of aromatic nitrogens is 3. The number of pyridine rings is 3. The van der Waals surface area contributed by atoms with Crippen molar-refractivity contribution in [3.63, 3.8) is 0 Å². The molecule has 0 bridgehead atoms. The highest BCUT2D eigenvalue weighted by atomic mass is 32.1. The Labute approximate surface area is 265 Å². The van der Waals surface area contributed by atoms with E-state index in [1.54, 1.807) is 23.7 Å². The van der Waals surface area contributed by atoms with Crippen molar-refractivity contribution in [1.82, 2.24) is 15.0 Å². The van der Waals surface area contributed by atoms with Gasteiger partial charge in [0.15, 0.2) is 0 Å². The summed E-state index contributed by atoms with van der Waals surface area (Å²) in [5, 5.41) is 7.57. The number of rotatable bonds is 3. The van der Waals surface area contributed by atoms with Crippen molar-refractivity contribution >= 4 is 43.7 Å². The van der Waals surface area contributed by atoms with Crippen LogP contribution < -0.4 is 0 Å². The van der Waals surface area contributed by atoms with E-state index in [2.05, 4.69) is 101 Å². The van der Waals surface area contributed by atoms with Gasteiger partial charge in [-0.15, -0.1) is 11.3 Å². The van der Waals surface area contributed by atoms with Gasteiger partial charge in [-0.05, 0) is 92.8 Å². The third-order valence-electron chi connectivity index (χ3n) is 8.04. The van der Waals surface area contributed by atoms with Crippen molar-refractivity contribution in [1.29, 1.82) is 0 Å². The molecule has 4 heteroatoms. The zero-order chi connectivity index (χ0) is 30.2. The van der Waals surface area contributed by atoms with Gasteiger partial charge in [0, 0.05) is 23.5 Å². The molecule has 0 amide bonds. The molecule has 0 fully saturated rings. The number of hydrogen-bond acceptors (Lipinski definition) is 4. The lowest BCUT2D eigenvalue weighted by Crippen LogP contribution is -1.93. The standard InChI is InChI=1S/C41H25N3S/c1-2-28-26-33(19-12-27-24-37(35-10-3-5-22-42-35)44-38(25-27)36-11-4-6-23-43-36)45-39(28)21-18-29-13-14-32-16-15-30-8-7-9-31-17-20-34(29)41(32)40(30)31/h3-11,13-17,20,22-26H,2H2,1H3. The minimum atomic E-state index is 0.767. The molecule has 210 valence electrons.